The Morgan fingerprint density at radius 1 is 1.20 bits per heavy atom. The Balaban J connectivity index is 1.84. The fraction of sp³-hybridized carbons (Fsp3) is 0.211. The van der Waals surface area contributed by atoms with Gasteiger partial charge < -0.3 is 15.0 Å². The second-order valence-electron chi connectivity index (χ2n) is 5.35. The summed E-state index contributed by atoms with van der Waals surface area (Å²) in [6, 6.07) is 12.6. The minimum atomic E-state index is -0.277. The standard InChI is InChI=1S/C19H18Cl2N2O2/c1-23(2)17-8-4-3-6-14(17)7-5-11-22-19(24)13-25-18-10-9-15(20)12-16(18)21/h3-4,6,8-10,12H,11,13H2,1-2H3,(H,22,24). The van der Waals surface area contributed by atoms with Gasteiger partial charge in [-0.2, -0.15) is 0 Å². The fourth-order valence-corrected chi connectivity index (χ4v) is 2.50. The van der Waals surface area contributed by atoms with E-state index in [2.05, 4.69) is 17.2 Å². The first-order chi connectivity index (χ1) is 12.0. The van der Waals surface area contributed by atoms with Crippen LogP contribution in [0.25, 0.3) is 0 Å². The second kappa shape index (κ2) is 9.22. The highest BCUT2D eigenvalue weighted by atomic mass is 35.5. The average molecular weight is 377 g/mol. The van der Waals surface area contributed by atoms with Crippen LogP contribution in [0.3, 0.4) is 0 Å². The molecule has 0 heterocycles. The maximum Gasteiger partial charge on any atom is 0.258 e. The molecule has 2 aromatic carbocycles. The molecule has 6 heteroatoms. The van der Waals surface area contributed by atoms with E-state index in [1.165, 1.54) is 0 Å². The fourth-order valence-electron chi connectivity index (χ4n) is 2.04. The lowest BCUT2D eigenvalue weighted by atomic mass is 10.1. The van der Waals surface area contributed by atoms with Crippen LogP contribution in [0.4, 0.5) is 5.69 Å². The predicted molar refractivity (Wildman–Crippen MR) is 103 cm³/mol. The van der Waals surface area contributed by atoms with Crippen molar-refractivity contribution in [3.63, 3.8) is 0 Å². The first-order valence-electron chi connectivity index (χ1n) is 7.57. The monoisotopic (exact) mass is 376 g/mol. The highest BCUT2D eigenvalue weighted by Crippen LogP contribution is 2.27. The van der Waals surface area contributed by atoms with Gasteiger partial charge in [0.1, 0.15) is 5.75 Å². The zero-order valence-corrected chi connectivity index (χ0v) is 15.5. The normalized spacial score (nSPS) is 9.76. The topological polar surface area (TPSA) is 41.6 Å². The number of hydrogen-bond acceptors (Lipinski definition) is 3. The van der Waals surface area contributed by atoms with Gasteiger partial charge in [-0.3, -0.25) is 4.79 Å². The molecular formula is C19H18Cl2N2O2. The van der Waals surface area contributed by atoms with Crippen LogP contribution in [-0.4, -0.2) is 33.2 Å². The highest BCUT2D eigenvalue weighted by molar-refractivity contribution is 6.35. The summed E-state index contributed by atoms with van der Waals surface area (Å²) in [4.78, 5) is 13.8. The van der Waals surface area contributed by atoms with Crippen molar-refractivity contribution < 1.29 is 9.53 Å². The van der Waals surface area contributed by atoms with Gasteiger partial charge in [0.15, 0.2) is 6.61 Å². The third kappa shape index (κ3) is 5.90. The van der Waals surface area contributed by atoms with Gasteiger partial charge in [-0.05, 0) is 30.3 Å². The number of nitrogens with zero attached hydrogens (tertiary/aromatic N) is 1. The van der Waals surface area contributed by atoms with E-state index in [4.69, 9.17) is 27.9 Å². The number of carbonyl (C=O) groups is 1. The molecule has 0 aliphatic rings. The van der Waals surface area contributed by atoms with E-state index in [9.17, 15) is 4.79 Å². The van der Waals surface area contributed by atoms with Crippen molar-refractivity contribution in [2.75, 3.05) is 32.1 Å². The lowest BCUT2D eigenvalue weighted by Crippen LogP contribution is -2.29. The Labute approximate surface area is 157 Å². The summed E-state index contributed by atoms with van der Waals surface area (Å²) < 4.78 is 5.36. The first kappa shape index (κ1) is 19.0. The van der Waals surface area contributed by atoms with Gasteiger partial charge in [0.05, 0.1) is 17.3 Å². The Bertz CT molecular complexity index is 811. The maximum absolute atomic E-state index is 11.8. The zero-order valence-electron chi connectivity index (χ0n) is 14.0. The molecule has 0 radical (unpaired) electrons. The Morgan fingerprint density at radius 2 is 1.96 bits per heavy atom. The molecule has 0 aliphatic heterocycles. The Hall–Kier alpha value is -2.35. The van der Waals surface area contributed by atoms with Crippen molar-refractivity contribution in [3.05, 3.63) is 58.1 Å². The van der Waals surface area contributed by atoms with Crippen LogP contribution >= 0.6 is 23.2 Å². The second-order valence-corrected chi connectivity index (χ2v) is 6.20. The molecule has 4 nitrogen and oxygen atoms in total. The Kier molecular flexibility index (Phi) is 7.00. The van der Waals surface area contributed by atoms with Crippen molar-refractivity contribution in [1.82, 2.24) is 5.32 Å². The smallest absolute Gasteiger partial charge is 0.258 e. The molecule has 0 aliphatic carbocycles. The molecule has 0 atom stereocenters. The molecular weight excluding hydrogens is 359 g/mol. The van der Waals surface area contributed by atoms with E-state index in [0.29, 0.717) is 15.8 Å². The van der Waals surface area contributed by atoms with Crippen LogP contribution in [-0.2, 0) is 4.79 Å². The van der Waals surface area contributed by atoms with E-state index in [0.717, 1.165) is 11.3 Å². The van der Waals surface area contributed by atoms with Gasteiger partial charge >= 0.3 is 0 Å². The number of hydrogen-bond donors (Lipinski definition) is 1. The van der Waals surface area contributed by atoms with Gasteiger partial charge in [-0.25, -0.2) is 0 Å². The van der Waals surface area contributed by atoms with Crippen molar-refractivity contribution in [2.24, 2.45) is 0 Å². The lowest BCUT2D eigenvalue weighted by Gasteiger charge is -2.13. The van der Waals surface area contributed by atoms with Crippen molar-refractivity contribution in [3.8, 4) is 17.6 Å². The van der Waals surface area contributed by atoms with Crippen LogP contribution in [0.15, 0.2) is 42.5 Å². The minimum Gasteiger partial charge on any atom is -0.482 e. The molecule has 0 unspecified atom stereocenters. The number of halogens is 2. The predicted octanol–water partition coefficient (Wildman–Crippen LogP) is 3.61. The summed E-state index contributed by atoms with van der Waals surface area (Å²) in [6.45, 7) is 0.0929. The number of rotatable bonds is 5. The number of nitrogens with one attached hydrogen (secondary N) is 1. The number of anilines is 1. The molecule has 0 aromatic heterocycles. The lowest BCUT2D eigenvalue weighted by molar-refractivity contribution is -0.122. The molecule has 2 aromatic rings. The van der Waals surface area contributed by atoms with Crippen LogP contribution in [0.2, 0.25) is 10.0 Å². The summed E-state index contributed by atoms with van der Waals surface area (Å²) in [5, 5.41) is 3.55. The molecule has 25 heavy (non-hydrogen) atoms. The van der Waals surface area contributed by atoms with Gasteiger partial charge in [0.25, 0.3) is 5.91 Å². The largest absolute Gasteiger partial charge is 0.482 e. The first-order valence-corrected chi connectivity index (χ1v) is 8.32. The molecule has 130 valence electrons. The third-order valence-corrected chi connectivity index (χ3v) is 3.77. The van der Waals surface area contributed by atoms with Crippen molar-refractivity contribution in [1.29, 1.82) is 0 Å². The number of carbonyl (C=O) groups excluding carboxylic acids is 1. The van der Waals surface area contributed by atoms with Gasteiger partial charge in [-0.1, -0.05) is 47.2 Å². The molecule has 0 fully saturated rings. The molecule has 0 saturated carbocycles. The number of para-hydroxylation sites is 1. The minimum absolute atomic E-state index is 0.142. The maximum atomic E-state index is 11.8. The van der Waals surface area contributed by atoms with Crippen molar-refractivity contribution in [2.45, 2.75) is 0 Å². The van der Waals surface area contributed by atoms with Crippen molar-refractivity contribution >= 4 is 34.8 Å². The molecule has 2 rings (SSSR count). The summed E-state index contributed by atoms with van der Waals surface area (Å²) in [5.41, 5.74) is 1.94. The van der Waals surface area contributed by atoms with Crippen LogP contribution in [0.5, 0.6) is 5.75 Å². The van der Waals surface area contributed by atoms with E-state index in [-0.39, 0.29) is 19.1 Å². The molecule has 1 N–H and O–H groups in total. The quantitative estimate of drug-likeness (QED) is 0.810. The zero-order chi connectivity index (χ0) is 18.2. The number of benzene rings is 2. The molecule has 0 bridgehead atoms. The van der Waals surface area contributed by atoms with Gasteiger partial charge in [0.2, 0.25) is 0 Å². The Morgan fingerprint density at radius 3 is 2.68 bits per heavy atom. The van der Waals surface area contributed by atoms with Crippen LogP contribution in [0, 0.1) is 11.8 Å². The van der Waals surface area contributed by atoms with Crippen LogP contribution in [0.1, 0.15) is 5.56 Å². The van der Waals surface area contributed by atoms with Gasteiger partial charge in [-0.15, -0.1) is 0 Å². The molecule has 0 saturated heterocycles. The summed E-state index contributed by atoms with van der Waals surface area (Å²) in [7, 11) is 3.92. The van der Waals surface area contributed by atoms with E-state index >= 15 is 0 Å². The SMILES string of the molecule is CN(C)c1ccccc1C#CCNC(=O)COc1ccc(Cl)cc1Cl. The van der Waals surface area contributed by atoms with E-state index in [1.807, 2.05) is 43.3 Å². The molecule has 0 spiro atoms. The summed E-state index contributed by atoms with van der Waals surface area (Å²) in [6.07, 6.45) is 0. The third-order valence-electron chi connectivity index (χ3n) is 3.24. The summed E-state index contributed by atoms with van der Waals surface area (Å²) in [5.74, 6) is 6.13. The summed E-state index contributed by atoms with van der Waals surface area (Å²) >= 11 is 11.8. The number of ether oxygens (including phenoxy) is 1. The van der Waals surface area contributed by atoms with Crippen LogP contribution < -0.4 is 15.0 Å². The van der Waals surface area contributed by atoms with E-state index in [1.54, 1.807) is 18.2 Å². The highest BCUT2D eigenvalue weighted by Gasteiger charge is 2.06. The average Bonchev–Trinajstić information content (AvgIpc) is 2.58. The van der Waals surface area contributed by atoms with E-state index < -0.39 is 0 Å². The molecule has 1 amide bonds. The number of amides is 1. The van der Waals surface area contributed by atoms with Gasteiger partial charge in [0, 0.05) is 24.7 Å².